The van der Waals surface area contributed by atoms with E-state index in [1.165, 1.54) is 18.1 Å². The molecule has 0 aliphatic rings. The summed E-state index contributed by atoms with van der Waals surface area (Å²) in [4.78, 5) is 38.7. The van der Waals surface area contributed by atoms with Crippen LogP contribution in [0.5, 0.6) is 5.75 Å². The van der Waals surface area contributed by atoms with E-state index in [9.17, 15) is 14.4 Å². The van der Waals surface area contributed by atoms with Gasteiger partial charge in [0.1, 0.15) is 5.75 Å². The lowest BCUT2D eigenvalue weighted by molar-refractivity contribution is 0.0600. The average molecular weight is 478 g/mol. The number of anilines is 2. The van der Waals surface area contributed by atoms with Crippen LogP contribution in [-0.4, -0.2) is 25.0 Å². The van der Waals surface area contributed by atoms with Gasteiger partial charge in [-0.05, 0) is 72.3 Å². The highest BCUT2D eigenvalue weighted by molar-refractivity contribution is 6.07. The van der Waals surface area contributed by atoms with E-state index in [0.29, 0.717) is 28.3 Å². The lowest BCUT2D eigenvalue weighted by Crippen LogP contribution is -2.29. The van der Waals surface area contributed by atoms with Crippen LogP contribution in [0.1, 0.15) is 26.3 Å². The fraction of sp³-hybridized carbons (Fsp3) is 0.0333. The van der Waals surface area contributed by atoms with Gasteiger partial charge in [0, 0.05) is 5.56 Å². The van der Waals surface area contributed by atoms with E-state index < -0.39 is 12.1 Å². The van der Waals surface area contributed by atoms with Crippen LogP contribution < -0.4 is 9.64 Å². The number of esters is 1. The second-order valence-corrected chi connectivity index (χ2v) is 7.71. The molecule has 0 saturated carbocycles. The number of hydrogen-bond donors (Lipinski definition) is 0. The third-order valence-corrected chi connectivity index (χ3v) is 5.31. The molecule has 0 N–H and O–H groups in total. The molecule has 4 aromatic carbocycles. The number of ether oxygens (including phenoxy) is 2. The molecule has 0 spiro atoms. The van der Waals surface area contributed by atoms with Crippen LogP contribution in [0.3, 0.4) is 0 Å². The van der Waals surface area contributed by atoms with Gasteiger partial charge in [0.2, 0.25) is 0 Å². The molecule has 0 heterocycles. The van der Waals surface area contributed by atoms with Crippen LogP contribution in [0.15, 0.2) is 115 Å². The molecule has 0 unspecified atom stereocenters. The normalized spacial score (nSPS) is 10.6. The van der Waals surface area contributed by atoms with E-state index >= 15 is 0 Å². The number of carbonyl (C=O) groups is 3. The Bertz CT molecular complexity index is 1320. The van der Waals surface area contributed by atoms with Crippen LogP contribution in [0.4, 0.5) is 16.2 Å². The molecule has 4 rings (SSSR count). The van der Waals surface area contributed by atoms with Crippen molar-refractivity contribution in [2.24, 2.45) is 0 Å². The fourth-order valence-electron chi connectivity index (χ4n) is 3.46. The van der Waals surface area contributed by atoms with Gasteiger partial charge in [-0.25, -0.2) is 14.5 Å². The third kappa shape index (κ3) is 5.93. The van der Waals surface area contributed by atoms with Crippen molar-refractivity contribution in [3.8, 4) is 5.75 Å². The summed E-state index contributed by atoms with van der Waals surface area (Å²) >= 11 is 0. The molecule has 36 heavy (non-hydrogen) atoms. The van der Waals surface area contributed by atoms with Gasteiger partial charge in [0.15, 0.2) is 5.78 Å². The number of ketones is 1. The summed E-state index contributed by atoms with van der Waals surface area (Å²) in [6.07, 6.45) is 2.54. The molecular weight excluding hydrogens is 454 g/mol. The Morgan fingerprint density at radius 1 is 0.667 bits per heavy atom. The molecule has 0 aliphatic heterocycles. The van der Waals surface area contributed by atoms with Crippen LogP contribution in [0.25, 0.3) is 6.08 Å². The van der Waals surface area contributed by atoms with Gasteiger partial charge < -0.3 is 9.47 Å². The molecular formula is C30H23NO5. The quantitative estimate of drug-likeness (QED) is 0.168. The number of allylic oxidation sites excluding steroid dienone is 1. The number of methoxy groups -OCH3 is 1. The molecule has 0 bridgehead atoms. The fourth-order valence-corrected chi connectivity index (χ4v) is 3.46. The molecule has 4 aromatic rings. The molecule has 0 atom stereocenters. The van der Waals surface area contributed by atoms with Crippen LogP contribution in [0, 0.1) is 0 Å². The molecule has 1 amide bonds. The summed E-state index contributed by atoms with van der Waals surface area (Å²) in [5.74, 6) is -0.311. The van der Waals surface area contributed by atoms with E-state index in [0.717, 1.165) is 5.56 Å². The highest BCUT2D eigenvalue weighted by atomic mass is 16.6. The van der Waals surface area contributed by atoms with Gasteiger partial charge in [-0.15, -0.1) is 0 Å². The number of hydrogen-bond acceptors (Lipinski definition) is 5. The monoisotopic (exact) mass is 477 g/mol. The van der Waals surface area contributed by atoms with E-state index in [2.05, 4.69) is 4.74 Å². The average Bonchev–Trinajstić information content (AvgIpc) is 2.93. The molecule has 178 valence electrons. The molecule has 0 fully saturated rings. The number of carbonyl (C=O) groups excluding carboxylic acids is 3. The number of para-hydroxylation sites is 2. The van der Waals surface area contributed by atoms with Gasteiger partial charge in [-0.2, -0.15) is 0 Å². The topological polar surface area (TPSA) is 72.9 Å². The SMILES string of the molecule is COC(=O)c1ccc(C=CC(=O)c2ccc(OC(=O)N(c3ccccc3)c3ccccc3)cc2)cc1. The number of rotatable bonds is 7. The van der Waals surface area contributed by atoms with Gasteiger partial charge in [-0.1, -0.05) is 54.6 Å². The second-order valence-electron chi connectivity index (χ2n) is 7.71. The highest BCUT2D eigenvalue weighted by Gasteiger charge is 2.20. The van der Waals surface area contributed by atoms with Crippen molar-refractivity contribution in [3.63, 3.8) is 0 Å². The number of amides is 1. The predicted molar refractivity (Wildman–Crippen MR) is 139 cm³/mol. The van der Waals surface area contributed by atoms with Crippen molar-refractivity contribution in [1.29, 1.82) is 0 Å². The molecule has 0 aromatic heterocycles. The lowest BCUT2D eigenvalue weighted by atomic mass is 10.1. The maximum atomic E-state index is 13.1. The minimum atomic E-state index is -0.568. The first-order valence-corrected chi connectivity index (χ1v) is 11.2. The highest BCUT2D eigenvalue weighted by Crippen LogP contribution is 2.27. The lowest BCUT2D eigenvalue weighted by Gasteiger charge is -2.22. The first kappa shape index (κ1) is 24.2. The Morgan fingerprint density at radius 2 is 1.19 bits per heavy atom. The first-order chi connectivity index (χ1) is 17.5. The summed E-state index contributed by atoms with van der Waals surface area (Å²) < 4.78 is 10.3. The van der Waals surface area contributed by atoms with Crippen molar-refractivity contribution in [2.45, 2.75) is 0 Å². The maximum absolute atomic E-state index is 13.1. The minimum absolute atomic E-state index is 0.208. The summed E-state index contributed by atoms with van der Waals surface area (Å²) in [6.45, 7) is 0. The minimum Gasteiger partial charge on any atom is -0.465 e. The summed E-state index contributed by atoms with van der Waals surface area (Å²) in [7, 11) is 1.32. The van der Waals surface area contributed by atoms with Crippen molar-refractivity contribution in [1.82, 2.24) is 0 Å². The van der Waals surface area contributed by atoms with Gasteiger partial charge in [0.05, 0.1) is 24.0 Å². The first-order valence-electron chi connectivity index (χ1n) is 11.2. The molecule has 0 saturated heterocycles. The van der Waals surface area contributed by atoms with Crippen molar-refractivity contribution >= 4 is 35.3 Å². The van der Waals surface area contributed by atoms with Crippen LogP contribution in [-0.2, 0) is 4.74 Å². The second kappa shape index (κ2) is 11.4. The Hall–Kier alpha value is -4.97. The van der Waals surface area contributed by atoms with Crippen LogP contribution >= 0.6 is 0 Å². The van der Waals surface area contributed by atoms with Gasteiger partial charge >= 0.3 is 12.1 Å². The number of nitrogens with zero attached hydrogens (tertiary/aromatic N) is 1. The van der Waals surface area contributed by atoms with Gasteiger partial charge in [0.25, 0.3) is 0 Å². The largest absolute Gasteiger partial charge is 0.465 e. The van der Waals surface area contributed by atoms with Gasteiger partial charge in [-0.3, -0.25) is 4.79 Å². The van der Waals surface area contributed by atoms with E-state index in [-0.39, 0.29) is 5.78 Å². The number of benzene rings is 4. The van der Waals surface area contributed by atoms with E-state index in [4.69, 9.17) is 4.74 Å². The Balaban J connectivity index is 1.44. The maximum Gasteiger partial charge on any atom is 0.424 e. The zero-order valence-corrected chi connectivity index (χ0v) is 19.5. The van der Waals surface area contributed by atoms with Crippen LogP contribution in [0.2, 0.25) is 0 Å². The molecule has 6 heteroatoms. The van der Waals surface area contributed by atoms with Crippen molar-refractivity contribution in [3.05, 3.63) is 132 Å². The Labute approximate surface area is 209 Å². The smallest absolute Gasteiger partial charge is 0.424 e. The Morgan fingerprint density at radius 3 is 1.72 bits per heavy atom. The van der Waals surface area contributed by atoms with E-state index in [1.54, 1.807) is 54.6 Å². The zero-order valence-electron chi connectivity index (χ0n) is 19.5. The Kier molecular flexibility index (Phi) is 7.68. The van der Waals surface area contributed by atoms with Crippen molar-refractivity contribution < 1.29 is 23.9 Å². The van der Waals surface area contributed by atoms with E-state index in [1.807, 2.05) is 60.7 Å². The summed E-state index contributed by atoms with van der Waals surface area (Å²) in [5, 5.41) is 0. The molecule has 0 radical (unpaired) electrons. The standard InChI is InChI=1S/C30H23NO5/c1-35-29(33)24-15-12-22(13-16-24)14-21-28(32)23-17-19-27(20-18-23)36-30(34)31(25-8-4-2-5-9-25)26-10-6-3-7-11-26/h2-21H,1H3. The predicted octanol–water partition coefficient (Wildman–Crippen LogP) is 6.71. The summed E-state index contributed by atoms with van der Waals surface area (Å²) in [6, 6.07) is 31.5. The third-order valence-electron chi connectivity index (χ3n) is 5.31. The molecule has 0 aliphatic carbocycles. The van der Waals surface area contributed by atoms with Crippen molar-refractivity contribution in [2.75, 3.05) is 12.0 Å². The molecule has 6 nitrogen and oxygen atoms in total. The zero-order chi connectivity index (χ0) is 25.3. The summed E-state index contributed by atoms with van der Waals surface area (Å²) in [5.41, 5.74) is 2.99.